The van der Waals surface area contributed by atoms with Crippen molar-refractivity contribution < 1.29 is 13.6 Å². The molecular formula is C19H20F2N2O. The average molecular weight is 330 g/mol. The minimum atomic E-state index is -0.591. The van der Waals surface area contributed by atoms with Gasteiger partial charge < -0.3 is 5.32 Å². The van der Waals surface area contributed by atoms with E-state index in [0.717, 1.165) is 18.4 Å². The fraction of sp³-hybridized carbons (Fsp3) is 0.316. The Morgan fingerprint density at radius 1 is 0.958 bits per heavy atom. The highest BCUT2D eigenvalue weighted by Crippen LogP contribution is 2.24. The summed E-state index contributed by atoms with van der Waals surface area (Å²) in [6.45, 7) is 1.91. The van der Waals surface area contributed by atoms with Crippen LogP contribution in [0.4, 0.5) is 8.78 Å². The highest BCUT2D eigenvalue weighted by Gasteiger charge is 2.29. The summed E-state index contributed by atoms with van der Waals surface area (Å²) < 4.78 is 26.3. The molecule has 2 aromatic carbocycles. The molecule has 2 N–H and O–H groups in total. The van der Waals surface area contributed by atoms with E-state index >= 15 is 0 Å². The molecule has 2 atom stereocenters. The van der Waals surface area contributed by atoms with E-state index in [1.54, 1.807) is 24.3 Å². The van der Waals surface area contributed by atoms with Crippen molar-refractivity contribution in [2.24, 2.45) is 0 Å². The van der Waals surface area contributed by atoms with Crippen molar-refractivity contribution in [2.75, 3.05) is 0 Å². The molecule has 0 aromatic heterocycles. The van der Waals surface area contributed by atoms with Gasteiger partial charge in [-0.25, -0.2) is 8.78 Å². The molecule has 24 heavy (non-hydrogen) atoms. The molecular weight excluding hydrogens is 310 g/mol. The molecule has 2 aromatic rings. The molecule has 5 heteroatoms. The number of benzene rings is 2. The number of amides is 1. The van der Waals surface area contributed by atoms with Gasteiger partial charge in [0.15, 0.2) is 0 Å². The van der Waals surface area contributed by atoms with Gasteiger partial charge in [0.1, 0.15) is 17.7 Å². The zero-order chi connectivity index (χ0) is 17.1. The lowest BCUT2D eigenvalue weighted by Crippen LogP contribution is -2.39. The van der Waals surface area contributed by atoms with Crippen LogP contribution in [0.1, 0.15) is 43.0 Å². The van der Waals surface area contributed by atoms with Crippen molar-refractivity contribution in [1.29, 1.82) is 0 Å². The first-order valence-electron chi connectivity index (χ1n) is 8.10. The van der Waals surface area contributed by atoms with Crippen LogP contribution in [-0.4, -0.2) is 11.9 Å². The zero-order valence-corrected chi connectivity index (χ0v) is 13.4. The van der Waals surface area contributed by atoms with Gasteiger partial charge in [-0.1, -0.05) is 24.3 Å². The Kier molecular flexibility index (Phi) is 4.90. The number of hydrogen-bond donors (Lipinski definition) is 2. The van der Waals surface area contributed by atoms with Crippen LogP contribution in [0.15, 0.2) is 48.5 Å². The molecule has 1 amide bonds. The number of hydrogen-bond acceptors (Lipinski definition) is 2. The third-order valence-corrected chi connectivity index (χ3v) is 4.18. The molecule has 0 radical (unpaired) electrons. The fourth-order valence-corrected chi connectivity index (χ4v) is 2.59. The molecule has 0 aliphatic heterocycles. The summed E-state index contributed by atoms with van der Waals surface area (Å²) >= 11 is 0. The third-order valence-electron chi connectivity index (χ3n) is 4.18. The first-order valence-corrected chi connectivity index (χ1v) is 8.10. The number of rotatable bonds is 6. The fourth-order valence-electron chi connectivity index (χ4n) is 2.59. The van der Waals surface area contributed by atoms with Crippen molar-refractivity contribution >= 4 is 5.91 Å². The lowest BCUT2D eigenvalue weighted by molar-refractivity contribution is -0.123. The van der Waals surface area contributed by atoms with Crippen LogP contribution >= 0.6 is 0 Å². The molecule has 126 valence electrons. The normalized spacial score (nSPS) is 16.5. The maximum atomic E-state index is 13.2. The van der Waals surface area contributed by atoms with Gasteiger partial charge in [-0.2, -0.15) is 0 Å². The Hall–Kier alpha value is -2.27. The lowest BCUT2D eigenvalue weighted by Gasteiger charge is -2.23. The van der Waals surface area contributed by atoms with Gasteiger partial charge in [0, 0.05) is 12.1 Å². The minimum Gasteiger partial charge on any atom is -0.352 e. The van der Waals surface area contributed by atoms with E-state index in [-0.39, 0.29) is 29.6 Å². The second-order valence-corrected chi connectivity index (χ2v) is 6.21. The predicted molar refractivity (Wildman–Crippen MR) is 88.3 cm³/mol. The van der Waals surface area contributed by atoms with Crippen molar-refractivity contribution in [3.8, 4) is 0 Å². The lowest BCUT2D eigenvalue weighted by atomic mass is 10.0. The summed E-state index contributed by atoms with van der Waals surface area (Å²) in [6.07, 6.45) is 1.99. The molecule has 3 nitrogen and oxygen atoms in total. The average Bonchev–Trinajstić information content (AvgIpc) is 3.38. The molecule has 1 aliphatic carbocycles. The van der Waals surface area contributed by atoms with E-state index in [0.29, 0.717) is 5.56 Å². The second kappa shape index (κ2) is 7.09. The molecule has 1 fully saturated rings. The molecule has 1 aliphatic rings. The van der Waals surface area contributed by atoms with E-state index in [4.69, 9.17) is 0 Å². The predicted octanol–water partition coefficient (Wildman–Crippen LogP) is 3.64. The van der Waals surface area contributed by atoms with Gasteiger partial charge in [-0.15, -0.1) is 0 Å². The van der Waals surface area contributed by atoms with Crippen LogP contribution in [0.3, 0.4) is 0 Å². The van der Waals surface area contributed by atoms with E-state index in [2.05, 4.69) is 10.6 Å². The van der Waals surface area contributed by atoms with Crippen LogP contribution in [0.2, 0.25) is 0 Å². The van der Waals surface area contributed by atoms with Crippen molar-refractivity contribution in [3.63, 3.8) is 0 Å². The quantitative estimate of drug-likeness (QED) is 0.849. The Labute approximate surface area is 140 Å². The highest BCUT2D eigenvalue weighted by atomic mass is 19.1. The topological polar surface area (TPSA) is 41.1 Å². The van der Waals surface area contributed by atoms with Gasteiger partial charge >= 0.3 is 0 Å². The second-order valence-electron chi connectivity index (χ2n) is 6.21. The first-order chi connectivity index (χ1) is 11.5. The number of nitrogens with one attached hydrogen (secondary N) is 2. The molecule has 0 heterocycles. The van der Waals surface area contributed by atoms with Crippen molar-refractivity contribution in [1.82, 2.24) is 10.6 Å². The maximum absolute atomic E-state index is 13.2. The zero-order valence-electron chi connectivity index (χ0n) is 13.4. The minimum absolute atomic E-state index is 0.127. The summed E-state index contributed by atoms with van der Waals surface area (Å²) in [6, 6.07) is 11.6. The van der Waals surface area contributed by atoms with E-state index in [1.807, 2.05) is 6.92 Å². The molecule has 1 saturated carbocycles. The van der Waals surface area contributed by atoms with Gasteiger partial charge in [-0.3, -0.25) is 10.1 Å². The van der Waals surface area contributed by atoms with Crippen LogP contribution in [0.25, 0.3) is 0 Å². The Bertz CT molecular complexity index is 696. The third kappa shape index (κ3) is 4.17. The number of carbonyl (C=O) groups is 1. The van der Waals surface area contributed by atoms with Crippen molar-refractivity contribution in [3.05, 3.63) is 71.3 Å². The van der Waals surface area contributed by atoms with Crippen LogP contribution in [-0.2, 0) is 4.79 Å². The number of halogens is 2. The summed E-state index contributed by atoms with van der Waals surface area (Å²) in [5.74, 6) is -0.766. The number of carbonyl (C=O) groups excluding carboxylic acids is 1. The van der Waals surface area contributed by atoms with Crippen LogP contribution < -0.4 is 10.6 Å². The monoisotopic (exact) mass is 330 g/mol. The van der Waals surface area contributed by atoms with E-state index in [9.17, 15) is 13.6 Å². The van der Waals surface area contributed by atoms with Gasteiger partial charge in [0.2, 0.25) is 5.91 Å². The molecule has 0 spiro atoms. The molecule has 3 rings (SSSR count). The van der Waals surface area contributed by atoms with Gasteiger partial charge in [0.25, 0.3) is 0 Å². The van der Waals surface area contributed by atoms with E-state index in [1.165, 1.54) is 24.3 Å². The standard InChI is InChI=1S/C19H20F2N2O/c1-12(13-2-6-15(20)7-3-13)22-18(19(24)23-17-10-11-17)14-4-8-16(21)9-5-14/h2-9,12,17-18,22H,10-11H2,1H3,(H,23,24)/t12-,18-/m1/s1. The SMILES string of the molecule is C[C@@H](N[C@@H](C(=O)NC1CC1)c1ccc(F)cc1)c1ccc(F)cc1. The molecule has 0 unspecified atom stereocenters. The summed E-state index contributed by atoms with van der Waals surface area (Å²) in [5.41, 5.74) is 1.58. The Balaban J connectivity index is 1.79. The largest absolute Gasteiger partial charge is 0.352 e. The summed E-state index contributed by atoms with van der Waals surface area (Å²) in [7, 11) is 0. The van der Waals surface area contributed by atoms with Crippen LogP contribution in [0, 0.1) is 11.6 Å². The Morgan fingerprint density at radius 3 is 1.96 bits per heavy atom. The highest BCUT2D eigenvalue weighted by molar-refractivity contribution is 5.83. The Morgan fingerprint density at radius 2 is 1.46 bits per heavy atom. The summed E-state index contributed by atoms with van der Waals surface area (Å²) in [4.78, 5) is 12.6. The van der Waals surface area contributed by atoms with Crippen molar-refractivity contribution in [2.45, 2.75) is 37.9 Å². The van der Waals surface area contributed by atoms with Gasteiger partial charge in [-0.05, 0) is 55.2 Å². The molecule has 0 saturated heterocycles. The smallest absolute Gasteiger partial charge is 0.241 e. The van der Waals surface area contributed by atoms with Crippen LogP contribution in [0.5, 0.6) is 0 Å². The molecule has 0 bridgehead atoms. The van der Waals surface area contributed by atoms with E-state index < -0.39 is 6.04 Å². The first kappa shape index (κ1) is 16.6. The van der Waals surface area contributed by atoms with Gasteiger partial charge in [0.05, 0.1) is 0 Å². The summed E-state index contributed by atoms with van der Waals surface area (Å²) in [5, 5.41) is 6.24. The maximum Gasteiger partial charge on any atom is 0.241 e.